The number of benzene rings is 13. The molecule has 512 valence electrons. The molecule has 0 radical (unpaired) electrons. The normalized spacial score (nSPS) is 11.5. The molecule has 0 saturated carbocycles. The fourth-order valence-electron chi connectivity index (χ4n) is 14.9. The highest BCUT2D eigenvalue weighted by atomic mass is 14.9. The molecule has 0 saturated heterocycles. The van der Waals surface area contributed by atoms with Crippen LogP contribution in [0.5, 0.6) is 0 Å². The van der Waals surface area contributed by atoms with Crippen molar-refractivity contribution in [1.82, 2.24) is 49.8 Å². The first-order valence-corrected chi connectivity index (χ1v) is 36.7. The highest BCUT2D eigenvalue weighted by molar-refractivity contribution is 6.14. The summed E-state index contributed by atoms with van der Waals surface area (Å²) in [6, 6.07) is 128. The molecule has 0 spiro atoms. The molecule has 0 bridgehead atoms. The quantitative estimate of drug-likeness (QED) is 0.115. The minimum absolute atomic E-state index is 0.669. The summed E-state index contributed by atoms with van der Waals surface area (Å²) in [5.74, 6) is 1.34. The lowest BCUT2D eigenvalue weighted by Crippen LogP contribution is -1.97. The Bertz CT molecular complexity index is 7030. The molecule has 110 heavy (non-hydrogen) atoms. The first-order valence-electron chi connectivity index (χ1n) is 36.7. The van der Waals surface area contributed by atoms with Gasteiger partial charge in [0, 0.05) is 77.5 Å². The Hall–Kier alpha value is -15.0. The van der Waals surface area contributed by atoms with Crippen LogP contribution in [0.4, 0.5) is 0 Å². The number of hydrogen-bond donors (Lipinski definition) is 0. The van der Waals surface area contributed by atoms with Gasteiger partial charge in [0.2, 0.25) is 0 Å². The van der Waals surface area contributed by atoms with Crippen molar-refractivity contribution >= 4 is 87.0 Å². The van der Waals surface area contributed by atoms with Gasteiger partial charge < -0.3 is 0 Å². The van der Waals surface area contributed by atoms with Gasteiger partial charge in [-0.05, 0) is 135 Å². The van der Waals surface area contributed by atoms with Gasteiger partial charge in [-0.25, -0.2) is 44.9 Å². The van der Waals surface area contributed by atoms with Crippen molar-refractivity contribution in [3.05, 3.63) is 376 Å². The predicted molar refractivity (Wildman–Crippen MR) is 451 cm³/mol. The standard InChI is InChI=1S/C52H32N6.C48H30N4/c1-3-8-33(9-4-1)48-32-49(58-52(57-48)39-10-5-2-6-11-39)46-28-21-36-17-20-41(31-47(36)55-46)40-23-26-45-42(30-40)24-27-43(54-45)34-13-15-35(16-14-34)44-25-22-38-19-18-37-12-7-29-53-50(37)51(38)56-44;1-3-11-31(12-4-1)46-30-47(52-48(51-46)33-13-5-2-6-14-33)44-26-21-32-19-20-35(29-45(32)50-44)34-22-24-42-37(27-34)23-25-43(49-42)41-28-36-15-7-8-16-38(36)39-17-9-10-18-40(39)41/h1-32H;1-30H. The minimum Gasteiger partial charge on any atom is -0.254 e. The zero-order valence-corrected chi connectivity index (χ0v) is 59.3. The molecular weight excluding hydrogens is 1340 g/mol. The van der Waals surface area contributed by atoms with Gasteiger partial charge in [0.1, 0.15) is 0 Å². The SMILES string of the molecule is c1ccc(-c2cc(-c3ccc4ccc(-c5ccc6nc(-c7cc8ccccc8c8ccccc78)ccc6c5)cc4n3)nc(-c3ccccc3)n2)cc1.c1ccc(-c2cc(-c3ccc4ccc(-c5ccc6nc(-c7ccc(-c8ccc9ccc%10cccnc%10c9n8)cc7)ccc6c5)cc4n3)nc(-c3ccccc3)n2)cc1. The van der Waals surface area contributed by atoms with Gasteiger partial charge in [0.15, 0.2) is 11.6 Å². The lowest BCUT2D eigenvalue weighted by atomic mass is 9.95. The van der Waals surface area contributed by atoms with Crippen LogP contribution < -0.4 is 0 Å². The van der Waals surface area contributed by atoms with Crippen LogP contribution in [0, 0.1) is 0 Å². The maximum Gasteiger partial charge on any atom is 0.160 e. The van der Waals surface area contributed by atoms with Crippen LogP contribution >= 0.6 is 0 Å². The van der Waals surface area contributed by atoms with E-state index >= 15 is 0 Å². The van der Waals surface area contributed by atoms with Crippen LogP contribution in [0.1, 0.15) is 0 Å². The van der Waals surface area contributed by atoms with E-state index in [1.54, 1.807) is 0 Å². The Morgan fingerprint density at radius 3 is 1.07 bits per heavy atom. The molecule has 0 N–H and O–H groups in total. The highest BCUT2D eigenvalue weighted by Gasteiger charge is 2.18. The first-order chi connectivity index (χ1) is 54.4. The zero-order valence-electron chi connectivity index (χ0n) is 59.3. The lowest BCUT2D eigenvalue weighted by molar-refractivity contribution is 1.17. The maximum atomic E-state index is 5.17. The highest BCUT2D eigenvalue weighted by Crippen LogP contribution is 2.39. The van der Waals surface area contributed by atoms with Crippen molar-refractivity contribution < 1.29 is 0 Å². The number of nitrogens with zero attached hydrogens (tertiary/aromatic N) is 10. The minimum atomic E-state index is 0.669. The van der Waals surface area contributed by atoms with Gasteiger partial charge in [-0.2, -0.15) is 0 Å². The topological polar surface area (TPSA) is 129 Å². The largest absolute Gasteiger partial charge is 0.254 e. The van der Waals surface area contributed by atoms with Crippen LogP contribution in [-0.4, -0.2) is 49.8 Å². The van der Waals surface area contributed by atoms with Crippen LogP contribution in [0.3, 0.4) is 0 Å². The molecule has 13 aromatic carbocycles. The Morgan fingerprint density at radius 2 is 0.518 bits per heavy atom. The summed E-state index contributed by atoms with van der Waals surface area (Å²) in [6.45, 7) is 0. The Balaban J connectivity index is 0.000000145. The van der Waals surface area contributed by atoms with E-state index in [1.165, 1.54) is 21.5 Å². The fraction of sp³-hybridized carbons (Fsp3) is 0. The van der Waals surface area contributed by atoms with Gasteiger partial charge in [0.05, 0.1) is 84.3 Å². The van der Waals surface area contributed by atoms with Crippen molar-refractivity contribution in [2.75, 3.05) is 0 Å². The number of pyridine rings is 6. The second kappa shape index (κ2) is 27.8. The van der Waals surface area contributed by atoms with Gasteiger partial charge in [-0.1, -0.05) is 279 Å². The molecule has 10 nitrogen and oxygen atoms in total. The number of aromatic nitrogens is 10. The molecular formula is C100H62N10. The average molecular weight is 1400 g/mol. The Morgan fingerprint density at radius 1 is 0.155 bits per heavy atom. The van der Waals surface area contributed by atoms with E-state index < -0.39 is 0 Å². The van der Waals surface area contributed by atoms with E-state index in [0.717, 1.165) is 178 Å². The molecule has 10 heteroatoms. The molecule has 0 aliphatic heterocycles. The molecule has 0 aliphatic carbocycles. The van der Waals surface area contributed by atoms with E-state index in [4.69, 9.17) is 44.9 Å². The van der Waals surface area contributed by atoms with Crippen LogP contribution in [-0.2, 0) is 0 Å². The van der Waals surface area contributed by atoms with Crippen molar-refractivity contribution in [3.63, 3.8) is 0 Å². The lowest BCUT2D eigenvalue weighted by Gasteiger charge is -2.12. The van der Waals surface area contributed by atoms with Crippen molar-refractivity contribution in [2.24, 2.45) is 0 Å². The predicted octanol–water partition coefficient (Wildman–Crippen LogP) is 24.9. The van der Waals surface area contributed by atoms with Crippen LogP contribution in [0.25, 0.3) is 211 Å². The van der Waals surface area contributed by atoms with Gasteiger partial charge >= 0.3 is 0 Å². The first kappa shape index (κ1) is 64.6. The van der Waals surface area contributed by atoms with Crippen molar-refractivity contribution in [3.8, 4) is 124 Å². The fourth-order valence-corrected chi connectivity index (χ4v) is 14.9. The number of rotatable bonds is 11. The molecule has 8 aromatic heterocycles. The van der Waals surface area contributed by atoms with E-state index in [2.05, 4.69) is 248 Å². The zero-order chi connectivity index (χ0) is 72.9. The molecule has 21 rings (SSSR count). The third-order valence-corrected chi connectivity index (χ3v) is 20.6. The van der Waals surface area contributed by atoms with Gasteiger partial charge in [0.25, 0.3) is 0 Å². The van der Waals surface area contributed by atoms with Crippen molar-refractivity contribution in [1.29, 1.82) is 0 Å². The maximum absolute atomic E-state index is 5.17. The van der Waals surface area contributed by atoms with E-state index in [1.807, 2.05) is 134 Å². The second-order valence-corrected chi connectivity index (χ2v) is 27.5. The Kier molecular flexibility index (Phi) is 16.3. The molecule has 0 fully saturated rings. The summed E-state index contributed by atoms with van der Waals surface area (Å²) < 4.78 is 0. The molecule has 8 heterocycles. The summed E-state index contributed by atoms with van der Waals surface area (Å²) in [6.07, 6.45) is 1.82. The van der Waals surface area contributed by atoms with E-state index in [9.17, 15) is 0 Å². The summed E-state index contributed by atoms with van der Waals surface area (Å²) in [5, 5.41) is 11.4. The second-order valence-electron chi connectivity index (χ2n) is 27.5. The molecule has 0 unspecified atom stereocenters. The molecule has 21 aromatic rings. The van der Waals surface area contributed by atoms with Crippen LogP contribution in [0.2, 0.25) is 0 Å². The summed E-state index contributed by atoms with van der Waals surface area (Å²) in [4.78, 5) is 50.1. The summed E-state index contributed by atoms with van der Waals surface area (Å²) in [7, 11) is 0. The van der Waals surface area contributed by atoms with E-state index in [0.29, 0.717) is 11.6 Å². The third kappa shape index (κ3) is 12.6. The summed E-state index contributed by atoms with van der Waals surface area (Å²) in [5.41, 5.74) is 24.9. The smallest absolute Gasteiger partial charge is 0.160 e. The Labute approximate surface area is 633 Å². The number of fused-ring (bicyclic) bond motifs is 10. The van der Waals surface area contributed by atoms with Gasteiger partial charge in [-0.15, -0.1) is 0 Å². The third-order valence-electron chi connectivity index (χ3n) is 20.6. The molecule has 0 atom stereocenters. The van der Waals surface area contributed by atoms with E-state index in [-0.39, 0.29) is 0 Å². The number of hydrogen-bond acceptors (Lipinski definition) is 10. The monoisotopic (exact) mass is 1400 g/mol. The summed E-state index contributed by atoms with van der Waals surface area (Å²) >= 11 is 0. The molecule has 0 aliphatic rings. The van der Waals surface area contributed by atoms with Gasteiger partial charge in [-0.3, -0.25) is 4.98 Å². The average Bonchev–Trinajstić information content (AvgIpc) is 0.760. The van der Waals surface area contributed by atoms with Crippen molar-refractivity contribution in [2.45, 2.75) is 0 Å². The molecule has 0 amide bonds. The van der Waals surface area contributed by atoms with Crippen LogP contribution in [0.15, 0.2) is 376 Å².